The summed E-state index contributed by atoms with van der Waals surface area (Å²) in [5.41, 5.74) is 5.62. The zero-order chi connectivity index (χ0) is 33.5. The smallest absolute Gasteiger partial charge is 0.410 e. The quantitative estimate of drug-likeness (QED) is 0.153. The van der Waals surface area contributed by atoms with Crippen LogP contribution in [-0.2, 0) is 38.6 Å². The Morgan fingerprint density at radius 1 is 0.826 bits per heavy atom. The predicted octanol–water partition coefficient (Wildman–Crippen LogP) is 8.25. The molecule has 1 aromatic heterocycles. The number of rotatable bonds is 11. The minimum atomic E-state index is -0.690. The number of aryl methyl sites for hydroxylation is 1. The summed E-state index contributed by atoms with van der Waals surface area (Å²) in [6.45, 7) is 13.8. The van der Waals surface area contributed by atoms with Crippen molar-refractivity contribution in [1.29, 1.82) is 0 Å². The number of carbonyl (C=O) groups is 2. The number of nitrogens with zero attached hydrogens (tertiary/aromatic N) is 3. The maximum absolute atomic E-state index is 13.1. The Kier molecular flexibility index (Phi) is 11.0. The van der Waals surface area contributed by atoms with Crippen molar-refractivity contribution in [3.05, 3.63) is 83.4 Å². The van der Waals surface area contributed by atoms with Gasteiger partial charge in [0, 0.05) is 31.3 Å². The first-order chi connectivity index (χ1) is 21.8. The van der Waals surface area contributed by atoms with Crippen molar-refractivity contribution in [3.8, 4) is 34.0 Å². The van der Waals surface area contributed by atoms with Crippen molar-refractivity contribution in [2.45, 2.75) is 85.7 Å². The topological polar surface area (TPSA) is 104 Å². The Bertz CT molecular complexity index is 1650. The van der Waals surface area contributed by atoms with Crippen molar-refractivity contribution in [2.24, 2.45) is 0 Å². The molecule has 0 radical (unpaired) electrons. The average Bonchev–Trinajstić information content (AvgIpc) is 3.48. The van der Waals surface area contributed by atoms with Gasteiger partial charge in [-0.25, -0.2) is 4.79 Å². The molecule has 0 bridgehead atoms. The van der Waals surface area contributed by atoms with Crippen LogP contribution in [0.15, 0.2) is 71.3 Å². The zero-order valence-corrected chi connectivity index (χ0v) is 28.2. The van der Waals surface area contributed by atoms with Gasteiger partial charge >= 0.3 is 12.1 Å². The molecule has 46 heavy (non-hydrogen) atoms. The first kappa shape index (κ1) is 34.4. The van der Waals surface area contributed by atoms with Crippen LogP contribution in [0.1, 0.15) is 71.6 Å². The Hall–Kier alpha value is -4.50. The van der Waals surface area contributed by atoms with E-state index in [1.54, 1.807) is 27.9 Å². The second kappa shape index (κ2) is 14.7. The zero-order valence-electron chi connectivity index (χ0n) is 28.2. The van der Waals surface area contributed by atoms with E-state index in [-0.39, 0.29) is 25.5 Å². The number of methoxy groups -OCH3 is 1. The molecule has 0 saturated heterocycles. The number of hydrogen-bond donors (Lipinski definition) is 0. The van der Waals surface area contributed by atoms with E-state index in [0.717, 1.165) is 34.2 Å². The number of carbonyl (C=O) groups excluding carboxylic acids is 2. The molecule has 0 fully saturated rings. The molecule has 0 aliphatic heterocycles. The summed E-state index contributed by atoms with van der Waals surface area (Å²) >= 11 is 0. The minimum Gasteiger partial charge on any atom is -0.460 e. The van der Waals surface area contributed by atoms with E-state index in [1.807, 2.05) is 63.2 Å². The number of ether oxygens (including phenoxy) is 3. The van der Waals surface area contributed by atoms with Gasteiger partial charge in [0.15, 0.2) is 0 Å². The highest BCUT2D eigenvalue weighted by atomic mass is 16.6. The van der Waals surface area contributed by atoms with Crippen LogP contribution in [0.25, 0.3) is 34.0 Å². The lowest BCUT2D eigenvalue weighted by atomic mass is 9.93. The second-order valence-electron chi connectivity index (χ2n) is 13.2. The third-order valence-electron chi connectivity index (χ3n) is 6.98. The molecule has 4 rings (SSSR count). The van der Waals surface area contributed by atoms with Crippen LogP contribution in [0, 0.1) is 0 Å². The predicted molar refractivity (Wildman–Crippen MR) is 178 cm³/mol. The summed E-state index contributed by atoms with van der Waals surface area (Å²) in [6, 6.07) is 22.0. The Morgan fingerprint density at radius 3 is 2.24 bits per heavy atom. The van der Waals surface area contributed by atoms with Crippen LogP contribution in [-0.4, -0.2) is 52.0 Å². The molecule has 1 amide bonds. The molecule has 9 heteroatoms. The minimum absolute atomic E-state index is 0.0400. The van der Waals surface area contributed by atoms with Gasteiger partial charge in [-0.15, -0.1) is 0 Å². The molecule has 9 nitrogen and oxygen atoms in total. The Morgan fingerprint density at radius 2 is 1.54 bits per heavy atom. The third kappa shape index (κ3) is 9.50. The van der Waals surface area contributed by atoms with Gasteiger partial charge in [0.2, 0.25) is 5.82 Å². The molecule has 0 aliphatic carbocycles. The number of amides is 1. The summed E-state index contributed by atoms with van der Waals surface area (Å²) in [5, 5.41) is 4.26. The highest BCUT2D eigenvalue weighted by Gasteiger charge is 2.25. The number of aromatic nitrogens is 2. The molecular weight excluding hydrogens is 582 g/mol. The average molecular weight is 628 g/mol. The molecule has 0 unspecified atom stereocenters. The van der Waals surface area contributed by atoms with Gasteiger partial charge in [-0.3, -0.25) is 4.79 Å². The number of hydrogen-bond acceptors (Lipinski definition) is 8. The maximum Gasteiger partial charge on any atom is 0.410 e. The highest BCUT2D eigenvalue weighted by Crippen LogP contribution is 2.32. The third-order valence-corrected chi connectivity index (χ3v) is 6.98. The fourth-order valence-corrected chi connectivity index (χ4v) is 5.02. The van der Waals surface area contributed by atoms with Gasteiger partial charge in [0.05, 0.1) is 13.0 Å². The van der Waals surface area contributed by atoms with Crippen molar-refractivity contribution in [2.75, 3.05) is 13.7 Å². The molecule has 3 aromatic carbocycles. The Labute approximate surface area is 271 Å². The standard InChI is InChI=1S/C37H45N3O6/c1-9-26-14-10-11-16-30(26)31-18-17-28(22-29(31)24-43-8)34-38-33(39-46-34)27-15-12-13-25(21-27)23-40(35(42)45-37(5,6)7)20-19-32(41)44-36(2,3)4/h10-18,21-22H,9,19-20,23-24H2,1-8H3. The SMILES string of the molecule is CCc1ccccc1-c1ccc(-c2nc(-c3cccc(CN(CCC(=O)OC(C)(C)C)C(=O)OC(C)(C)C)c3)no2)cc1COC. The fraction of sp³-hybridized carbons (Fsp3) is 0.405. The van der Waals surface area contributed by atoms with Crippen LogP contribution >= 0.6 is 0 Å². The molecule has 1 heterocycles. The van der Waals surface area contributed by atoms with Crippen molar-refractivity contribution in [3.63, 3.8) is 0 Å². The van der Waals surface area contributed by atoms with Gasteiger partial charge in [-0.05, 0) is 94.0 Å². The summed E-state index contributed by atoms with van der Waals surface area (Å²) < 4.78 is 22.3. The molecular formula is C37H45N3O6. The monoisotopic (exact) mass is 627 g/mol. The lowest BCUT2D eigenvalue weighted by Crippen LogP contribution is -2.38. The normalized spacial score (nSPS) is 11.7. The summed E-state index contributed by atoms with van der Waals surface area (Å²) in [4.78, 5) is 31.7. The van der Waals surface area contributed by atoms with Crippen molar-refractivity contribution < 1.29 is 28.3 Å². The van der Waals surface area contributed by atoms with E-state index >= 15 is 0 Å². The van der Waals surface area contributed by atoms with E-state index in [1.165, 1.54) is 16.0 Å². The molecule has 0 aliphatic rings. The van der Waals surface area contributed by atoms with E-state index in [2.05, 4.69) is 36.3 Å². The van der Waals surface area contributed by atoms with Crippen molar-refractivity contribution >= 4 is 12.1 Å². The summed E-state index contributed by atoms with van der Waals surface area (Å²) in [5.74, 6) is 0.425. The van der Waals surface area contributed by atoms with Crippen LogP contribution in [0.3, 0.4) is 0 Å². The maximum atomic E-state index is 13.1. The number of benzene rings is 3. The molecule has 0 saturated carbocycles. The lowest BCUT2D eigenvalue weighted by molar-refractivity contribution is -0.155. The van der Waals surface area contributed by atoms with Gasteiger partial charge in [0.1, 0.15) is 11.2 Å². The molecule has 244 valence electrons. The lowest BCUT2D eigenvalue weighted by Gasteiger charge is -2.28. The van der Waals surface area contributed by atoms with Crippen LogP contribution < -0.4 is 0 Å². The molecule has 0 spiro atoms. The van der Waals surface area contributed by atoms with E-state index in [0.29, 0.717) is 18.3 Å². The van der Waals surface area contributed by atoms with E-state index in [4.69, 9.17) is 23.7 Å². The van der Waals surface area contributed by atoms with Gasteiger partial charge < -0.3 is 23.6 Å². The largest absolute Gasteiger partial charge is 0.460 e. The fourth-order valence-electron chi connectivity index (χ4n) is 5.02. The second-order valence-corrected chi connectivity index (χ2v) is 13.2. The Balaban J connectivity index is 1.56. The van der Waals surface area contributed by atoms with E-state index in [9.17, 15) is 9.59 Å². The van der Waals surface area contributed by atoms with E-state index < -0.39 is 17.3 Å². The summed E-state index contributed by atoms with van der Waals surface area (Å²) in [6.07, 6.45) is 0.453. The molecule has 4 aromatic rings. The molecule has 0 atom stereocenters. The van der Waals surface area contributed by atoms with Crippen molar-refractivity contribution in [1.82, 2.24) is 15.0 Å². The van der Waals surface area contributed by atoms with Crippen LogP contribution in [0.4, 0.5) is 4.79 Å². The first-order valence-electron chi connectivity index (χ1n) is 15.6. The van der Waals surface area contributed by atoms with Crippen LogP contribution in [0.2, 0.25) is 0 Å². The van der Waals surface area contributed by atoms with Gasteiger partial charge in [0.25, 0.3) is 5.89 Å². The summed E-state index contributed by atoms with van der Waals surface area (Å²) in [7, 11) is 1.68. The van der Waals surface area contributed by atoms with Gasteiger partial charge in [-0.1, -0.05) is 60.6 Å². The first-order valence-corrected chi connectivity index (χ1v) is 15.6. The number of esters is 1. The molecule has 0 N–H and O–H groups in total. The highest BCUT2D eigenvalue weighted by molar-refractivity contribution is 5.75. The van der Waals surface area contributed by atoms with Gasteiger partial charge in [-0.2, -0.15) is 4.98 Å². The van der Waals surface area contributed by atoms with Crippen LogP contribution in [0.5, 0.6) is 0 Å².